The van der Waals surface area contributed by atoms with Crippen molar-refractivity contribution in [3.05, 3.63) is 30.1 Å². The number of aromatic nitrogens is 1. The first-order valence-corrected chi connectivity index (χ1v) is 5.97. The van der Waals surface area contributed by atoms with E-state index in [0.717, 1.165) is 12.0 Å². The van der Waals surface area contributed by atoms with Gasteiger partial charge in [0, 0.05) is 31.9 Å². The van der Waals surface area contributed by atoms with E-state index in [2.05, 4.69) is 11.9 Å². The minimum atomic E-state index is -0.0973. The third-order valence-electron chi connectivity index (χ3n) is 2.84. The molecule has 0 aliphatic rings. The average molecular weight is 272 g/mol. The Morgan fingerprint density at radius 1 is 1.44 bits per heavy atom. The summed E-state index contributed by atoms with van der Waals surface area (Å²) in [5, 5.41) is 0. The first kappa shape index (κ1) is 16.9. The molecule has 1 aromatic heterocycles. The Kier molecular flexibility index (Phi) is 7.55. The van der Waals surface area contributed by atoms with Crippen molar-refractivity contribution in [2.75, 3.05) is 7.05 Å². The first-order chi connectivity index (χ1) is 8.06. The van der Waals surface area contributed by atoms with Crippen molar-refractivity contribution in [3.8, 4) is 0 Å². The van der Waals surface area contributed by atoms with E-state index in [4.69, 9.17) is 5.73 Å². The highest BCUT2D eigenvalue weighted by Gasteiger charge is 2.20. The van der Waals surface area contributed by atoms with E-state index in [1.165, 1.54) is 0 Å². The molecule has 1 aromatic rings. The van der Waals surface area contributed by atoms with Gasteiger partial charge in [0.05, 0.1) is 6.04 Å². The van der Waals surface area contributed by atoms with Gasteiger partial charge in [-0.15, -0.1) is 12.4 Å². The fourth-order valence-corrected chi connectivity index (χ4v) is 1.91. The summed E-state index contributed by atoms with van der Waals surface area (Å²) in [7, 11) is 1.83. The van der Waals surface area contributed by atoms with Gasteiger partial charge in [0.1, 0.15) is 0 Å². The fourth-order valence-electron chi connectivity index (χ4n) is 1.91. The predicted molar refractivity (Wildman–Crippen MR) is 75.6 cm³/mol. The Bertz CT molecular complexity index is 357. The fraction of sp³-hybridized carbons (Fsp3) is 0.538. The van der Waals surface area contributed by atoms with Gasteiger partial charge in [-0.1, -0.05) is 6.92 Å². The molecule has 4 nitrogen and oxygen atoms in total. The molecule has 0 aliphatic carbocycles. The topological polar surface area (TPSA) is 59.2 Å². The van der Waals surface area contributed by atoms with Crippen molar-refractivity contribution in [1.29, 1.82) is 0 Å². The Labute approximate surface area is 115 Å². The highest BCUT2D eigenvalue weighted by Crippen LogP contribution is 2.22. The van der Waals surface area contributed by atoms with Crippen molar-refractivity contribution in [2.45, 2.75) is 38.8 Å². The Hall–Kier alpha value is -1.13. The van der Waals surface area contributed by atoms with Crippen LogP contribution < -0.4 is 5.73 Å². The summed E-state index contributed by atoms with van der Waals surface area (Å²) in [5.74, 6) is 0.0867. The van der Waals surface area contributed by atoms with Crippen molar-refractivity contribution in [3.63, 3.8) is 0 Å². The summed E-state index contributed by atoms with van der Waals surface area (Å²) >= 11 is 0. The Morgan fingerprint density at radius 3 is 2.44 bits per heavy atom. The lowest BCUT2D eigenvalue weighted by Crippen LogP contribution is -2.34. The van der Waals surface area contributed by atoms with Gasteiger partial charge in [0.2, 0.25) is 5.91 Å². The van der Waals surface area contributed by atoms with Crippen LogP contribution in [-0.4, -0.2) is 28.9 Å². The second-order valence-corrected chi connectivity index (χ2v) is 4.39. The van der Waals surface area contributed by atoms with Gasteiger partial charge in [0.25, 0.3) is 0 Å². The van der Waals surface area contributed by atoms with Crippen LogP contribution in [0.5, 0.6) is 0 Å². The third kappa shape index (κ3) is 4.63. The van der Waals surface area contributed by atoms with Crippen LogP contribution in [0.1, 0.15) is 38.3 Å². The molecule has 0 saturated carbocycles. The van der Waals surface area contributed by atoms with E-state index in [1.54, 1.807) is 17.3 Å². The molecule has 0 radical (unpaired) electrons. The SMILES string of the molecule is CCC(c1ccncc1)N(C)C(=O)CC(C)N.Cl. The highest BCUT2D eigenvalue weighted by molar-refractivity contribution is 5.85. The molecule has 0 fully saturated rings. The average Bonchev–Trinajstić information content (AvgIpc) is 2.30. The summed E-state index contributed by atoms with van der Waals surface area (Å²) in [5.41, 5.74) is 6.77. The summed E-state index contributed by atoms with van der Waals surface area (Å²) in [6, 6.07) is 3.90. The zero-order valence-corrected chi connectivity index (χ0v) is 12.0. The Balaban J connectivity index is 0.00000289. The van der Waals surface area contributed by atoms with E-state index in [-0.39, 0.29) is 30.4 Å². The number of carbonyl (C=O) groups excluding carboxylic acids is 1. The van der Waals surface area contributed by atoms with Crippen LogP contribution in [-0.2, 0) is 4.79 Å². The molecule has 1 amide bonds. The van der Waals surface area contributed by atoms with Gasteiger partial charge in [-0.05, 0) is 31.0 Å². The van der Waals surface area contributed by atoms with Crippen molar-refractivity contribution in [1.82, 2.24) is 9.88 Å². The number of pyridine rings is 1. The summed E-state index contributed by atoms with van der Waals surface area (Å²) in [6.45, 7) is 3.92. The largest absolute Gasteiger partial charge is 0.339 e. The normalized spacial score (nSPS) is 13.3. The first-order valence-electron chi connectivity index (χ1n) is 5.97. The standard InChI is InChI=1S/C13H21N3O.ClH/c1-4-12(11-5-7-15-8-6-11)16(3)13(17)9-10(2)14;/h5-8,10,12H,4,9,14H2,1-3H3;1H. The second-order valence-electron chi connectivity index (χ2n) is 4.39. The van der Waals surface area contributed by atoms with E-state index >= 15 is 0 Å². The van der Waals surface area contributed by atoms with E-state index in [0.29, 0.717) is 6.42 Å². The summed E-state index contributed by atoms with van der Waals surface area (Å²) < 4.78 is 0. The second kappa shape index (κ2) is 8.06. The van der Waals surface area contributed by atoms with Gasteiger partial charge in [0.15, 0.2) is 0 Å². The molecule has 0 bridgehead atoms. The van der Waals surface area contributed by atoms with Crippen LogP contribution in [0.15, 0.2) is 24.5 Å². The van der Waals surface area contributed by atoms with E-state index in [9.17, 15) is 4.79 Å². The number of nitrogens with zero attached hydrogens (tertiary/aromatic N) is 2. The minimum absolute atomic E-state index is 0. The van der Waals surface area contributed by atoms with Gasteiger partial charge in [-0.25, -0.2) is 0 Å². The monoisotopic (exact) mass is 271 g/mol. The van der Waals surface area contributed by atoms with Crippen LogP contribution >= 0.6 is 12.4 Å². The number of hydrogen-bond donors (Lipinski definition) is 1. The number of amides is 1. The van der Waals surface area contributed by atoms with Gasteiger partial charge >= 0.3 is 0 Å². The highest BCUT2D eigenvalue weighted by atomic mass is 35.5. The van der Waals surface area contributed by atoms with Crippen molar-refractivity contribution >= 4 is 18.3 Å². The lowest BCUT2D eigenvalue weighted by atomic mass is 10.0. The van der Waals surface area contributed by atoms with Gasteiger partial charge in [-0.2, -0.15) is 0 Å². The predicted octanol–water partition coefficient (Wildman–Crippen LogP) is 2.15. The number of carbonyl (C=O) groups is 1. The van der Waals surface area contributed by atoms with Crippen LogP contribution in [0.4, 0.5) is 0 Å². The number of hydrogen-bond acceptors (Lipinski definition) is 3. The molecule has 2 unspecified atom stereocenters. The maximum Gasteiger partial charge on any atom is 0.224 e. The number of nitrogens with two attached hydrogens (primary N) is 1. The third-order valence-corrected chi connectivity index (χ3v) is 2.84. The smallest absolute Gasteiger partial charge is 0.224 e. The molecular formula is C13H22ClN3O. The summed E-state index contributed by atoms with van der Waals surface area (Å²) in [6.07, 6.45) is 4.77. The lowest BCUT2D eigenvalue weighted by molar-refractivity contribution is -0.132. The molecule has 5 heteroatoms. The minimum Gasteiger partial charge on any atom is -0.339 e. The Morgan fingerprint density at radius 2 is 2.00 bits per heavy atom. The molecule has 0 saturated heterocycles. The van der Waals surface area contributed by atoms with Crippen LogP contribution in [0.2, 0.25) is 0 Å². The molecule has 18 heavy (non-hydrogen) atoms. The van der Waals surface area contributed by atoms with Crippen LogP contribution in [0, 0.1) is 0 Å². The molecule has 2 N–H and O–H groups in total. The van der Waals surface area contributed by atoms with Crippen molar-refractivity contribution in [2.24, 2.45) is 5.73 Å². The van der Waals surface area contributed by atoms with Crippen LogP contribution in [0.3, 0.4) is 0 Å². The molecule has 0 aromatic carbocycles. The molecular weight excluding hydrogens is 250 g/mol. The zero-order valence-electron chi connectivity index (χ0n) is 11.2. The van der Waals surface area contributed by atoms with Crippen molar-refractivity contribution < 1.29 is 4.79 Å². The maximum absolute atomic E-state index is 12.0. The maximum atomic E-state index is 12.0. The molecule has 1 heterocycles. The molecule has 1 rings (SSSR count). The molecule has 0 spiro atoms. The van der Waals surface area contributed by atoms with E-state index < -0.39 is 0 Å². The number of halogens is 1. The summed E-state index contributed by atoms with van der Waals surface area (Å²) in [4.78, 5) is 17.7. The number of rotatable bonds is 5. The molecule has 0 aliphatic heterocycles. The van der Waals surface area contributed by atoms with Gasteiger partial charge in [-0.3, -0.25) is 9.78 Å². The quantitative estimate of drug-likeness (QED) is 0.893. The molecule has 102 valence electrons. The van der Waals surface area contributed by atoms with E-state index in [1.807, 2.05) is 26.1 Å². The lowest BCUT2D eigenvalue weighted by Gasteiger charge is -2.28. The zero-order chi connectivity index (χ0) is 12.8. The molecule has 2 atom stereocenters. The van der Waals surface area contributed by atoms with Crippen LogP contribution in [0.25, 0.3) is 0 Å². The van der Waals surface area contributed by atoms with Gasteiger partial charge < -0.3 is 10.6 Å².